The van der Waals surface area contributed by atoms with Crippen LogP contribution in [0, 0.1) is 11.8 Å². The summed E-state index contributed by atoms with van der Waals surface area (Å²) in [6.45, 7) is 8.26. The summed E-state index contributed by atoms with van der Waals surface area (Å²) in [6, 6.07) is 0. The second-order valence-electron chi connectivity index (χ2n) is 5.41. The summed E-state index contributed by atoms with van der Waals surface area (Å²) in [5.41, 5.74) is 0. The van der Waals surface area contributed by atoms with Gasteiger partial charge in [-0.2, -0.15) is 0 Å². The monoisotopic (exact) mass is 340 g/mol. The van der Waals surface area contributed by atoms with Gasteiger partial charge in [0, 0.05) is 46.8 Å². The number of hydrogen-bond donors (Lipinski definition) is 4. The molecule has 4 nitrogen and oxygen atoms in total. The first kappa shape index (κ1) is 26.5. The first-order valence-corrected chi connectivity index (χ1v) is 8.09. The number of aliphatic hydroxyl groups excluding tert-OH is 4. The van der Waals surface area contributed by atoms with E-state index in [1.54, 1.807) is 0 Å². The van der Waals surface area contributed by atoms with Gasteiger partial charge in [-0.1, -0.05) is 40.5 Å². The predicted octanol–water partition coefficient (Wildman–Crippen LogP) is 2.33. The van der Waals surface area contributed by atoms with Gasteiger partial charge in [0.1, 0.15) is 0 Å². The topological polar surface area (TPSA) is 80.9 Å². The van der Waals surface area contributed by atoms with Crippen LogP contribution in [0.3, 0.4) is 0 Å². The smallest absolute Gasteiger partial charge is 0.0590 e. The van der Waals surface area contributed by atoms with Gasteiger partial charge in [0.05, 0.1) is 12.2 Å². The Morgan fingerprint density at radius 3 is 1.10 bits per heavy atom. The molecule has 0 bridgehead atoms. The van der Waals surface area contributed by atoms with E-state index >= 15 is 0 Å². The van der Waals surface area contributed by atoms with Crippen molar-refractivity contribution in [1.29, 1.82) is 0 Å². The Labute approximate surface area is 145 Å². The molecule has 0 fully saturated rings. The van der Waals surface area contributed by atoms with Gasteiger partial charge in [0.2, 0.25) is 0 Å². The van der Waals surface area contributed by atoms with Gasteiger partial charge in [0.15, 0.2) is 0 Å². The van der Waals surface area contributed by atoms with Crippen molar-refractivity contribution >= 4 is 0 Å². The van der Waals surface area contributed by atoms with Gasteiger partial charge >= 0.3 is 0 Å². The average molecular weight is 340 g/mol. The normalized spacial score (nSPS) is 16.0. The zero-order valence-corrected chi connectivity index (χ0v) is 15.8. The fourth-order valence-electron chi connectivity index (χ4n) is 2.11. The molecule has 0 rings (SSSR count). The van der Waals surface area contributed by atoms with Crippen molar-refractivity contribution in [2.75, 3.05) is 13.2 Å². The molecular formula is C16H36O4Ti. The van der Waals surface area contributed by atoms with Gasteiger partial charge in [-0.15, -0.1) is 0 Å². The fraction of sp³-hybridized carbons (Fsp3) is 1.00. The quantitative estimate of drug-likeness (QED) is 0.460. The third-order valence-corrected chi connectivity index (χ3v) is 3.77. The van der Waals surface area contributed by atoms with Gasteiger partial charge < -0.3 is 20.4 Å². The van der Waals surface area contributed by atoms with Gasteiger partial charge in [-0.25, -0.2) is 0 Å². The molecule has 0 saturated heterocycles. The maximum absolute atomic E-state index is 9.35. The van der Waals surface area contributed by atoms with Crippen molar-refractivity contribution < 1.29 is 42.1 Å². The molecule has 0 aliphatic heterocycles. The maximum Gasteiger partial charge on any atom is 0.0590 e. The molecule has 0 aromatic heterocycles. The Hall–Kier alpha value is 0.554. The molecule has 0 amide bonds. The molecule has 0 heterocycles. The Kier molecular flexibility index (Phi) is 23.4. The molecule has 0 aliphatic rings. The first-order chi connectivity index (χ1) is 9.51. The molecule has 128 valence electrons. The van der Waals surface area contributed by atoms with Crippen LogP contribution in [-0.4, -0.2) is 45.8 Å². The molecular weight excluding hydrogens is 304 g/mol. The van der Waals surface area contributed by atoms with E-state index in [-0.39, 0.29) is 59.0 Å². The summed E-state index contributed by atoms with van der Waals surface area (Å²) >= 11 is 0. The SMILES string of the molecule is CCCC(O)C(CC)CO.CCCC(O)C(CC)CO.[Ti]. The molecule has 4 N–H and O–H groups in total. The molecule has 0 aromatic rings. The third-order valence-electron chi connectivity index (χ3n) is 3.77. The number of aliphatic hydroxyl groups is 4. The van der Waals surface area contributed by atoms with E-state index in [0.29, 0.717) is 0 Å². The third kappa shape index (κ3) is 13.9. The molecule has 21 heavy (non-hydrogen) atoms. The van der Waals surface area contributed by atoms with Gasteiger partial charge in [-0.3, -0.25) is 0 Å². The summed E-state index contributed by atoms with van der Waals surface area (Å²) in [6.07, 6.45) is 4.68. The van der Waals surface area contributed by atoms with Crippen molar-refractivity contribution in [2.45, 2.75) is 78.4 Å². The summed E-state index contributed by atoms with van der Waals surface area (Å²) < 4.78 is 0. The van der Waals surface area contributed by atoms with Crippen molar-refractivity contribution in [3.63, 3.8) is 0 Å². The summed E-state index contributed by atoms with van der Waals surface area (Å²) in [5, 5.41) is 36.2. The van der Waals surface area contributed by atoms with E-state index < -0.39 is 0 Å². The Morgan fingerprint density at radius 1 is 0.667 bits per heavy atom. The minimum atomic E-state index is -0.306. The van der Waals surface area contributed by atoms with Gasteiger partial charge in [-0.05, 0) is 25.7 Å². The van der Waals surface area contributed by atoms with Crippen LogP contribution in [-0.2, 0) is 21.7 Å². The standard InChI is InChI=1S/2C8H18O2.Ti/c2*1-3-5-8(10)7(4-2)6-9;/h2*7-10H,3-6H2,1-2H3;. The number of rotatable bonds is 10. The largest absolute Gasteiger partial charge is 0.396 e. The molecule has 0 saturated carbocycles. The molecule has 0 aromatic carbocycles. The molecule has 0 radical (unpaired) electrons. The Bertz CT molecular complexity index is 165. The van der Waals surface area contributed by atoms with E-state index in [4.69, 9.17) is 10.2 Å². The second kappa shape index (κ2) is 18.6. The minimum Gasteiger partial charge on any atom is -0.396 e. The van der Waals surface area contributed by atoms with E-state index in [9.17, 15) is 10.2 Å². The van der Waals surface area contributed by atoms with Crippen molar-refractivity contribution in [3.05, 3.63) is 0 Å². The van der Waals surface area contributed by atoms with Gasteiger partial charge in [0.25, 0.3) is 0 Å². The molecule has 5 heteroatoms. The molecule has 4 atom stereocenters. The maximum atomic E-state index is 9.35. The van der Waals surface area contributed by atoms with E-state index in [2.05, 4.69) is 0 Å². The van der Waals surface area contributed by atoms with Crippen LogP contribution in [0.2, 0.25) is 0 Å². The molecule has 0 spiro atoms. The van der Waals surface area contributed by atoms with Crippen LogP contribution in [0.15, 0.2) is 0 Å². The van der Waals surface area contributed by atoms with E-state index in [1.807, 2.05) is 27.7 Å². The first-order valence-electron chi connectivity index (χ1n) is 8.09. The summed E-state index contributed by atoms with van der Waals surface area (Å²) in [7, 11) is 0. The van der Waals surface area contributed by atoms with Crippen LogP contribution >= 0.6 is 0 Å². The Balaban J connectivity index is -0.000000295. The zero-order valence-electron chi connectivity index (χ0n) is 14.3. The van der Waals surface area contributed by atoms with Crippen LogP contribution in [0.5, 0.6) is 0 Å². The molecule has 4 unspecified atom stereocenters. The predicted molar refractivity (Wildman–Crippen MR) is 83.6 cm³/mol. The number of hydrogen-bond acceptors (Lipinski definition) is 4. The second-order valence-corrected chi connectivity index (χ2v) is 5.41. The average Bonchev–Trinajstić information content (AvgIpc) is 2.43. The summed E-state index contributed by atoms with van der Waals surface area (Å²) in [5.74, 6) is 0.167. The van der Waals surface area contributed by atoms with E-state index in [1.165, 1.54) is 0 Å². The van der Waals surface area contributed by atoms with Crippen LogP contribution in [0.1, 0.15) is 66.2 Å². The summed E-state index contributed by atoms with van der Waals surface area (Å²) in [4.78, 5) is 0. The van der Waals surface area contributed by atoms with Crippen LogP contribution in [0.4, 0.5) is 0 Å². The fourth-order valence-corrected chi connectivity index (χ4v) is 2.11. The van der Waals surface area contributed by atoms with Crippen molar-refractivity contribution in [3.8, 4) is 0 Å². The van der Waals surface area contributed by atoms with E-state index in [0.717, 1.165) is 38.5 Å². The van der Waals surface area contributed by atoms with Crippen LogP contribution in [0.25, 0.3) is 0 Å². The molecule has 0 aliphatic carbocycles. The minimum absolute atomic E-state index is 0. The zero-order chi connectivity index (χ0) is 16.0. The van der Waals surface area contributed by atoms with Crippen LogP contribution < -0.4 is 0 Å². The Morgan fingerprint density at radius 2 is 0.952 bits per heavy atom. The van der Waals surface area contributed by atoms with Crippen molar-refractivity contribution in [2.24, 2.45) is 11.8 Å². The van der Waals surface area contributed by atoms with Crippen molar-refractivity contribution in [1.82, 2.24) is 0 Å².